The van der Waals surface area contributed by atoms with Gasteiger partial charge in [0.15, 0.2) is 0 Å². The van der Waals surface area contributed by atoms with Gasteiger partial charge in [0.1, 0.15) is 0 Å². The van der Waals surface area contributed by atoms with Crippen LogP contribution in [-0.2, 0) is 0 Å². The molecule has 1 heteroatoms. The summed E-state index contributed by atoms with van der Waals surface area (Å²) in [4.78, 5) is 0. The molecule has 0 aromatic carbocycles. The number of quaternary nitrogens is 1. The largest absolute Gasteiger partial charge is 0.321 e. The van der Waals surface area contributed by atoms with E-state index in [1.54, 1.807) is 0 Å². The van der Waals surface area contributed by atoms with Crippen LogP contribution < -0.4 is 0 Å². The second-order valence-electron chi connectivity index (χ2n) is 4.86. The summed E-state index contributed by atoms with van der Waals surface area (Å²) in [7, 11) is 0. The highest BCUT2D eigenvalue weighted by Gasteiger charge is 2.31. The Kier molecular flexibility index (Phi) is 8.13. The van der Waals surface area contributed by atoms with Crippen molar-refractivity contribution in [3.8, 4) is 0 Å². The standard InChI is InChI=1S/C14H32N/c1-6-11-15(12-7-2,13-8-3)14(9-4)10-5/h14H,6-13H2,1-5H3/q+1. The van der Waals surface area contributed by atoms with Gasteiger partial charge in [0.2, 0.25) is 0 Å². The molecule has 0 heterocycles. The van der Waals surface area contributed by atoms with Crippen molar-refractivity contribution in [2.24, 2.45) is 0 Å². The van der Waals surface area contributed by atoms with Crippen molar-refractivity contribution in [1.82, 2.24) is 0 Å². The summed E-state index contributed by atoms with van der Waals surface area (Å²) in [6.07, 6.45) is 6.68. The van der Waals surface area contributed by atoms with Gasteiger partial charge in [-0.2, -0.15) is 0 Å². The van der Waals surface area contributed by atoms with E-state index in [0.29, 0.717) is 0 Å². The molecule has 15 heavy (non-hydrogen) atoms. The van der Waals surface area contributed by atoms with E-state index in [0.717, 1.165) is 6.04 Å². The first-order chi connectivity index (χ1) is 7.20. The van der Waals surface area contributed by atoms with Crippen molar-refractivity contribution in [3.63, 3.8) is 0 Å². The molecule has 0 saturated carbocycles. The quantitative estimate of drug-likeness (QED) is 0.504. The first-order valence-electron chi connectivity index (χ1n) is 7.06. The number of rotatable bonds is 9. The van der Waals surface area contributed by atoms with Crippen LogP contribution >= 0.6 is 0 Å². The molecule has 0 aliphatic heterocycles. The smallest absolute Gasteiger partial charge is 0.0884 e. The Morgan fingerprint density at radius 1 is 0.667 bits per heavy atom. The lowest BCUT2D eigenvalue weighted by Gasteiger charge is -2.44. The summed E-state index contributed by atoms with van der Waals surface area (Å²) >= 11 is 0. The lowest BCUT2D eigenvalue weighted by molar-refractivity contribution is -0.951. The van der Waals surface area contributed by atoms with Crippen LogP contribution in [-0.4, -0.2) is 30.2 Å². The fraction of sp³-hybridized carbons (Fsp3) is 1.00. The Morgan fingerprint density at radius 3 is 1.20 bits per heavy atom. The predicted octanol–water partition coefficient (Wildman–Crippen LogP) is 4.22. The van der Waals surface area contributed by atoms with Crippen LogP contribution in [0.15, 0.2) is 0 Å². The third-order valence-electron chi connectivity index (χ3n) is 3.72. The van der Waals surface area contributed by atoms with Crippen LogP contribution in [0.1, 0.15) is 66.7 Å². The molecule has 0 N–H and O–H groups in total. The highest BCUT2D eigenvalue weighted by atomic mass is 15.4. The zero-order valence-electron chi connectivity index (χ0n) is 11.7. The maximum atomic E-state index is 2.36. The van der Waals surface area contributed by atoms with Crippen molar-refractivity contribution >= 4 is 0 Å². The van der Waals surface area contributed by atoms with Gasteiger partial charge in [0.05, 0.1) is 25.7 Å². The van der Waals surface area contributed by atoms with Gasteiger partial charge in [-0.3, -0.25) is 0 Å². The Bertz CT molecular complexity index is 121. The molecular formula is C14H32N+. The highest BCUT2D eigenvalue weighted by molar-refractivity contribution is 4.57. The minimum Gasteiger partial charge on any atom is -0.321 e. The second-order valence-corrected chi connectivity index (χ2v) is 4.86. The van der Waals surface area contributed by atoms with Crippen molar-refractivity contribution in [2.75, 3.05) is 19.6 Å². The van der Waals surface area contributed by atoms with E-state index in [4.69, 9.17) is 0 Å². The van der Waals surface area contributed by atoms with Crippen LogP contribution in [0, 0.1) is 0 Å². The summed E-state index contributed by atoms with van der Waals surface area (Å²) < 4.78 is 1.39. The second kappa shape index (κ2) is 8.15. The fourth-order valence-electron chi connectivity index (χ4n) is 3.28. The lowest BCUT2D eigenvalue weighted by atomic mass is 10.0. The molecule has 0 aliphatic rings. The minimum atomic E-state index is 0.893. The van der Waals surface area contributed by atoms with E-state index in [1.807, 2.05) is 0 Å². The lowest BCUT2D eigenvalue weighted by Crippen LogP contribution is -2.56. The van der Waals surface area contributed by atoms with E-state index in [-0.39, 0.29) is 0 Å². The Balaban J connectivity index is 4.71. The molecule has 0 amide bonds. The van der Waals surface area contributed by atoms with Gasteiger partial charge in [-0.25, -0.2) is 0 Å². The SMILES string of the molecule is CCC[N+](CCC)(CCC)C(CC)CC. The molecule has 0 bridgehead atoms. The Hall–Kier alpha value is -0.0400. The number of hydrogen-bond acceptors (Lipinski definition) is 0. The molecule has 0 radical (unpaired) electrons. The zero-order valence-corrected chi connectivity index (χ0v) is 11.7. The summed E-state index contributed by atoms with van der Waals surface area (Å²) in [6.45, 7) is 15.9. The molecule has 92 valence electrons. The molecule has 0 aromatic heterocycles. The maximum absolute atomic E-state index is 2.36. The highest BCUT2D eigenvalue weighted by Crippen LogP contribution is 2.22. The summed E-state index contributed by atoms with van der Waals surface area (Å²) in [6, 6.07) is 0.893. The zero-order chi connectivity index (χ0) is 11.7. The third-order valence-corrected chi connectivity index (χ3v) is 3.72. The molecule has 0 fully saturated rings. The molecular weight excluding hydrogens is 182 g/mol. The molecule has 0 atom stereocenters. The fourth-order valence-corrected chi connectivity index (χ4v) is 3.28. The maximum Gasteiger partial charge on any atom is 0.0884 e. The normalized spacial score (nSPS) is 12.4. The Labute approximate surface area is 97.5 Å². The first kappa shape index (κ1) is 15.0. The molecule has 0 saturated heterocycles. The monoisotopic (exact) mass is 214 g/mol. The van der Waals surface area contributed by atoms with Gasteiger partial charge in [0.25, 0.3) is 0 Å². The molecule has 0 aliphatic carbocycles. The van der Waals surface area contributed by atoms with Gasteiger partial charge >= 0.3 is 0 Å². The topological polar surface area (TPSA) is 0 Å². The third kappa shape index (κ3) is 4.14. The van der Waals surface area contributed by atoms with Gasteiger partial charge in [-0.05, 0) is 32.1 Å². The first-order valence-corrected chi connectivity index (χ1v) is 7.06. The van der Waals surface area contributed by atoms with E-state index in [1.165, 1.54) is 56.2 Å². The van der Waals surface area contributed by atoms with Crippen molar-refractivity contribution in [3.05, 3.63) is 0 Å². The molecule has 0 spiro atoms. The summed E-state index contributed by atoms with van der Waals surface area (Å²) in [5.41, 5.74) is 0. The molecule has 0 aromatic rings. The van der Waals surface area contributed by atoms with Gasteiger partial charge in [-0.15, -0.1) is 0 Å². The van der Waals surface area contributed by atoms with Gasteiger partial charge in [0, 0.05) is 0 Å². The number of hydrogen-bond donors (Lipinski definition) is 0. The van der Waals surface area contributed by atoms with E-state index in [2.05, 4.69) is 34.6 Å². The average molecular weight is 214 g/mol. The predicted molar refractivity (Wildman–Crippen MR) is 70.1 cm³/mol. The van der Waals surface area contributed by atoms with Crippen molar-refractivity contribution in [1.29, 1.82) is 0 Å². The van der Waals surface area contributed by atoms with Gasteiger partial charge in [-0.1, -0.05) is 34.6 Å². The molecule has 0 unspecified atom stereocenters. The van der Waals surface area contributed by atoms with E-state index >= 15 is 0 Å². The van der Waals surface area contributed by atoms with Crippen LogP contribution in [0.5, 0.6) is 0 Å². The summed E-state index contributed by atoms with van der Waals surface area (Å²) in [5, 5.41) is 0. The van der Waals surface area contributed by atoms with Crippen molar-refractivity contribution in [2.45, 2.75) is 72.8 Å². The van der Waals surface area contributed by atoms with Crippen molar-refractivity contribution < 1.29 is 4.48 Å². The van der Waals surface area contributed by atoms with Crippen LogP contribution in [0.25, 0.3) is 0 Å². The molecule has 0 rings (SSSR count). The Morgan fingerprint density at radius 2 is 1.00 bits per heavy atom. The number of nitrogens with zero attached hydrogens (tertiary/aromatic N) is 1. The van der Waals surface area contributed by atoms with Crippen LogP contribution in [0.2, 0.25) is 0 Å². The van der Waals surface area contributed by atoms with Crippen LogP contribution in [0.3, 0.4) is 0 Å². The minimum absolute atomic E-state index is 0.893. The van der Waals surface area contributed by atoms with Gasteiger partial charge < -0.3 is 4.48 Å². The van der Waals surface area contributed by atoms with E-state index in [9.17, 15) is 0 Å². The average Bonchev–Trinajstić information content (AvgIpc) is 2.20. The summed E-state index contributed by atoms with van der Waals surface area (Å²) in [5.74, 6) is 0. The van der Waals surface area contributed by atoms with Crippen LogP contribution in [0.4, 0.5) is 0 Å². The van der Waals surface area contributed by atoms with E-state index < -0.39 is 0 Å². The molecule has 1 nitrogen and oxygen atoms in total.